The van der Waals surface area contributed by atoms with E-state index in [1.54, 1.807) is 6.26 Å². The molecule has 1 amide bonds. The summed E-state index contributed by atoms with van der Waals surface area (Å²) in [5, 5.41) is 14.0. The fourth-order valence-corrected chi connectivity index (χ4v) is 2.34. The summed E-state index contributed by atoms with van der Waals surface area (Å²) in [6.45, 7) is 0.500. The van der Waals surface area contributed by atoms with Gasteiger partial charge in [0.25, 0.3) is 0 Å². The van der Waals surface area contributed by atoms with E-state index in [0.717, 1.165) is 11.3 Å². The Balaban J connectivity index is 1.64. The number of carbonyl (C=O) groups is 1. The van der Waals surface area contributed by atoms with Gasteiger partial charge in [0.05, 0.1) is 6.26 Å². The third kappa shape index (κ3) is 4.03. The van der Waals surface area contributed by atoms with Crippen LogP contribution in [0.25, 0.3) is 0 Å². The zero-order chi connectivity index (χ0) is 15.9. The molecule has 0 saturated heterocycles. The number of benzene rings is 1. The maximum absolute atomic E-state index is 12.5. The molecule has 0 aliphatic rings. The monoisotopic (exact) mass is 311 g/mol. The summed E-state index contributed by atoms with van der Waals surface area (Å²) in [7, 11) is 0. The van der Waals surface area contributed by atoms with Gasteiger partial charge >= 0.3 is 0 Å². The number of nitrogens with zero attached hydrogens (tertiary/aromatic N) is 4. The van der Waals surface area contributed by atoms with Crippen LogP contribution in [0.2, 0.25) is 0 Å². The minimum atomic E-state index is -0.482. The number of furan rings is 1. The fourth-order valence-electron chi connectivity index (χ4n) is 2.34. The molecule has 0 bridgehead atoms. The van der Waals surface area contributed by atoms with Crippen molar-refractivity contribution in [2.75, 3.05) is 6.54 Å². The quantitative estimate of drug-likeness (QED) is 0.713. The molecule has 1 aromatic carbocycles. The van der Waals surface area contributed by atoms with Gasteiger partial charge in [0.15, 0.2) is 0 Å². The van der Waals surface area contributed by atoms with Crippen molar-refractivity contribution in [3.05, 3.63) is 66.4 Å². The predicted molar refractivity (Wildman–Crippen MR) is 82.4 cm³/mol. The standard InChI is InChI=1S/C16H17N5O2/c22-16(17-9-8-14-7-4-10-23-14)15(21-12-18-19-20-21)11-13-5-2-1-3-6-13/h1-7,10,12,15H,8-9,11H2,(H,17,22). The minimum absolute atomic E-state index is 0.118. The van der Waals surface area contributed by atoms with Crippen molar-refractivity contribution < 1.29 is 9.21 Å². The SMILES string of the molecule is O=C(NCCc1ccco1)C(Cc1ccccc1)n1cnnn1. The Hall–Kier alpha value is -2.96. The summed E-state index contributed by atoms with van der Waals surface area (Å²) < 4.78 is 6.74. The van der Waals surface area contributed by atoms with Gasteiger partial charge in [-0.25, -0.2) is 4.68 Å². The molecule has 0 saturated carbocycles. The lowest BCUT2D eigenvalue weighted by atomic mass is 10.1. The number of amides is 1. The molecule has 118 valence electrons. The third-order valence-electron chi connectivity index (χ3n) is 3.51. The maximum atomic E-state index is 12.5. The van der Waals surface area contributed by atoms with Crippen LogP contribution >= 0.6 is 0 Å². The summed E-state index contributed by atoms with van der Waals surface area (Å²) in [6.07, 6.45) is 4.25. The van der Waals surface area contributed by atoms with E-state index < -0.39 is 6.04 Å². The molecular weight excluding hydrogens is 294 g/mol. The number of aromatic nitrogens is 4. The van der Waals surface area contributed by atoms with Gasteiger partial charge < -0.3 is 9.73 Å². The molecule has 0 aliphatic carbocycles. The highest BCUT2D eigenvalue weighted by Crippen LogP contribution is 2.13. The van der Waals surface area contributed by atoms with E-state index >= 15 is 0 Å². The second-order valence-electron chi connectivity index (χ2n) is 5.12. The number of tetrazole rings is 1. The average molecular weight is 311 g/mol. The Morgan fingerprint density at radius 2 is 2.09 bits per heavy atom. The van der Waals surface area contributed by atoms with Crippen molar-refractivity contribution in [3.63, 3.8) is 0 Å². The highest BCUT2D eigenvalue weighted by Gasteiger charge is 2.21. The Morgan fingerprint density at radius 3 is 2.78 bits per heavy atom. The molecule has 3 aromatic rings. The Morgan fingerprint density at radius 1 is 1.22 bits per heavy atom. The van der Waals surface area contributed by atoms with E-state index in [1.807, 2.05) is 42.5 Å². The molecule has 7 heteroatoms. The van der Waals surface area contributed by atoms with E-state index in [1.165, 1.54) is 11.0 Å². The van der Waals surface area contributed by atoms with Gasteiger partial charge in [-0.2, -0.15) is 0 Å². The number of carbonyl (C=O) groups excluding carboxylic acids is 1. The normalized spacial score (nSPS) is 12.0. The average Bonchev–Trinajstić information content (AvgIpc) is 3.27. The Labute approximate surface area is 133 Å². The van der Waals surface area contributed by atoms with Crippen molar-refractivity contribution in [1.29, 1.82) is 0 Å². The van der Waals surface area contributed by atoms with Crippen molar-refractivity contribution >= 4 is 5.91 Å². The topological polar surface area (TPSA) is 85.8 Å². The molecule has 7 nitrogen and oxygen atoms in total. The first-order valence-electron chi connectivity index (χ1n) is 7.39. The smallest absolute Gasteiger partial charge is 0.245 e. The van der Waals surface area contributed by atoms with Crippen LogP contribution in [0.1, 0.15) is 17.4 Å². The molecule has 1 N–H and O–H groups in total. The fraction of sp³-hybridized carbons (Fsp3) is 0.250. The van der Waals surface area contributed by atoms with Gasteiger partial charge in [0, 0.05) is 19.4 Å². The molecule has 0 aliphatic heterocycles. The summed E-state index contributed by atoms with van der Waals surface area (Å²) in [5.41, 5.74) is 1.05. The Bertz CT molecular complexity index is 710. The van der Waals surface area contributed by atoms with Crippen LogP contribution in [0.4, 0.5) is 0 Å². The van der Waals surface area contributed by atoms with Crippen LogP contribution in [0.3, 0.4) is 0 Å². The van der Waals surface area contributed by atoms with Gasteiger partial charge in [-0.15, -0.1) is 5.10 Å². The van der Waals surface area contributed by atoms with Gasteiger partial charge in [-0.1, -0.05) is 30.3 Å². The summed E-state index contributed by atoms with van der Waals surface area (Å²) >= 11 is 0. The van der Waals surface area contributed by atoms with Gasteiger partial charge in [-0.05, 0) is 28.1 Å². The molecular formula is C16H17N5O2. The van der Waals surface area contributed by atoms with Crippen LogP contribution in [-0.2, 0) is 17.6 Å². The lowest BCUT2D eigenvalue weighted by Crippen LogP contribution is -2.35. The van der Waals surface area contributed by atoms with E-state index in [0.29, 0.717) is 19.4 Å². The van der Waals surface area contributed by atoms with Crippen molar-refractivity contribution in [1.82, 2.24) is 25.5 Å². The van der Waals surface area contributed by atoms with E-state index in [2.05, 4.69) is 20.8 Å². The minimum Gasteiger partial charge on any atom is -0.469 e. The molecule has 23 heavy (non-hydrogen) atoms. The largest absolute Gasteiger partial charge is 0.469 e. The van der Waals surface area contributed by atoms with Crippen LogP contribution in [0, 0.1) is 0 Å². The highest BCUT2D eigenvalue weighted by atomic mass is 16.3. The van der Waals surface area contributed by atoms with Crippen molar-refractivity contribution in [3.8, 4) is 0 Å². The summed E-state index contributed by atoms with van der Waals surface area (Å²) in [5.74, 6) is 0.722. The first kappa shape index (κ1) is 15.0. The maximum Gasteiger partial charge on any atom is 0.245 e. The van der Waals surface area contributed by atoms with Gasteiger partial charge in [0.2, 0.25) is 5.91 Å². The molecule has 0 radical (unpaired) electrons. The van der Waals surface area contributed by atoms with E-state index in [4.69, 9.17) is 4.42 Å². The number of hydrogen-bond donors (Lipinski definition) is 1. The molecule has 2 heterocycles. The van der Waals surface area contributed by atoms with E-state index in [9.17, 15) is 4.79 Å². The number of rotatable bonds is 7. The number of nitrogens with one attached hydrogen (secondary N) is 1. The zero-order valence-electron chi connectivity index (χ0n) is 12.5. The second kappa shape index (κ2) is 7.35. The molecule has 0 spiro atoms. The molecule has 2 aromatic heterocycles. The highest BCUT2D eigenvalue weighted by molar-refractivity contribution is 5.80. The molecule has 1 unspecified atom stereocenters. The van der Waals surface area contributed by atoms with E-state index in [-0.39, 0.29) is 5.91 Å². The Kier molecular flexibility index (Phi) is 4.78. The van der Waals surface area contributed by atoms with Gasteiger partial charge in [-0.3, -0.25) is 4.79 Å². The van der Waals surface area contributed by atoms with Crippen LogP contribution in [0.5, 0.6) is 0 Å². The lowest BCUT2D eigenvalue weighted by Gasteiger charge is -2.16. The molecule has 1 atom stereocenters. The third-order valence-corrected chi connectivity index (χ3v) is 3.51. The van der Waals surface area contributed by atoms with Crippen LogP contribution in [-0.4, -0.2) is 32.7 Å². The molecule has 0 fully saturated rings. The first-order chi connectivity index (χ1) is 11.3. The number of hydrogen-bond acceptors (Lipinski definition) is 5. The summed E-state index contributed by atoms with van der Waals surface area (Å²) in [6, 6.07) is 13.0. The second-order valence-corrected chi connectivity index (χ2v) is 5.12. The summed E-state index contributed by atoms with van der Waals surface area (Å²) in [4.78, 5) is 12.5. The zero-order valence-corrected chi connectivity index (χ0v) is 12.5. The van der Waals surface area contributed by atoms with Crippen LogP contribution in [0.15, 0.2) is 59.5 Å². The van der Waals surface area contributed by atoms with Crippen molar-refractivity contribution in [2.45, 2.75) is 18.9 Å². The van der Waals surface area contributed by atoms with Gasteiger partial charge in [0.1, 0.15) is 18.1 Å². The first-order valence-corrected chi connectivity index (χ1v) is 7.39. The van der Waals surface area contributed by atoms with Crippen molar-refractivity contribution in [2.24, 2.45) is 0 Å². The predicted octanol–water partition coefficient (Wildman–Crippen LogP) is 1.41. The lowest BCUT2D eigenvalue weighted by molar-refractivity contribution is -0.124. The van der Waals surface area contributed by atoms with Crippen LogP contribution < -0.4 is 5.32 Å². The molecule has 3 rings (SSSR count).